The van der Waals surface area contributed by atoms with Gasteiger partial charge in [0.2, 0.25) is 0 Å². The van der Waals surface area contributed by atoms with Crippen molar-refractivity contribution < 1.29 is 0 Å². The Hall–Kier alpha value is 0.217. The average Bonchev–Trinajstić information content (AvgIpc) is 2.52. The smallest absolute Gasteiger partial charge is 0.0473 e. The Morgan fingerprint density at radius 1 is 0.391 bits per heavy atom. The summed E-state index contributed by atoms with van der Waals surface area (Å²) in [4.78, 5) is 0. The van der Waals surface area contributed by atoms with Gasteiger partial charge in [0.1, 0.15) is 0 Å². The molecule has 0 radical (unpaired) electrons. The second kappa shape index (κ2) is 17.1. The SMILES string of the molecule is CCCCCCCCCC[Si](C)(C)CCCCCCCCCC. The molecule has 0 saturated carbocycles. The molecule has 0 fully saturated rings. The van der Waals surface area contributed by atoms with Gasteiger partial charge in [0.05, 0.1) is 0 Å². The highest BCUT2D eigenvalue weighted by Crippen LogP contribution is 2.23. The van der Waals surface area contributed by atoms with Crippen molar-refractivity contribution in [1.29, 1.82) is 0 Å². The highest BCUT2D eigenvalue weighted by Gasteiger charge is 2.18. The van der Waals surface area contributed by atoms with Crippen LogP contribution in [0.3, 0.4) is 0 Å². The summed E-state index contributed by atoms with van der Waals surface area (Å²) >= 11 is 0. The van der Waals surface area contributed by atoms with Crippen LogP contribution >= 0.6 is 0 Å². The van der Waals surface area contributed by atoms with Crippen LogP contribution in [0.2, 0.25) is 25.2 Å². The summed E-state index contributed by atoms with van der Waals surface area (Å²) in [7, 11) is -0.866. The zero-order valence-corrected chi connectivity index (χ0v) is 18.2. The van der Waals surface area contributed by atoms with Crippen molar-refractivity contribution in [3.05, 3.63) is 0 Å². The van der Waals surface area contributed by atoms with E-state index in [1.54, 1.807) is 12.1 Å². The average molecular weight is 341 g/mol. The van der Waals surface area contributed by atoms with Crippen molar-refractivity contribution in [2.24, 2.45) is 0 Å². The maximum atomic E-state index is 2.63. The molecule has 0 bridgehead atoms. The first-order chi connectivity index (χ1) is 11.1. The van der Waals surface area contributed by atoms with Crippen molar-refractivity contribution in [2.45, 2.75) is 142 Å². The molecule has 23 heavy (non-hydrogen) atoms. The fourth-order valence-corrected chi connectivity index (χ4v) is 6.26. The summed E-state index contributed by atoms with van der Waals surface area (Å²) in [6.07, 6.45) is 23.5. The van der Waals surface area contributed by atoms with E-state index in [0.29, 0.717) is 0 Å². The van der Waals surface area contributed by atoms with E-state index in [-0.39, 0.29) is 0 Å². The molecule has 0 N–H and O–H groups in total. The van der Waals surface area contributed by atoms with E-state index in [2.05, 4.69) is 26.9 Å². The number of hydrogen-bond acceptors (Lipinski definition) is 0. The Kier molecular flexibility index (Phi) is 17.2. The van der Waals surface area contributed by atoms with Crippen LogP contribution in [0.5, 0.6) is 0 Å². The topological polar surface area (TPSA) is 0 Å². The van der Waals surface area contributed by atoms with Crippen molar-refractivity contribution in [1.82, 2.24) is 0 Å². The lowest BCUT2D eigenvalue weighted by molar-refractivity contribution is 0.580. The maximum Gasteiger partial charge on any atom is 0.0473 e. The standard InChI is InChI=1S/C22H48Si/c1-5-7-9-11-13-15-17-19-21-23(3,4)22-20-18-16-14-12-10-8-6-2/h5-22H2,1-4H3. The zero-order chi connectivity index (χ0) is 17.2. The van der Waals surface area contributed by atoms with Gasteiger partial charge in [-0.1, -0.05) is 142 Å². The van der Waals surface area contributed by atoms with Gasteiger partial charge in [-0.25, -0.2) is 0 Å². The fourth-order valence-electron chi connectivity index (χ4n) is 3.60. The molecule has 1 heteroatoms. The first kappa shape index (κ1) is 23.2. The van der Waals surface area contributed by atoms with Crippen LogP contribution in [0, 0.1) is 0 Å². The van der Waals surface area contributed by atoms with E-state index in [0.717, 1.165) is 0 Å². The van der Waals surface area contributed by atoms with Gasteiger partial charge in [-0.05, 0) is 0 Å². The van der Waals surface area contributed by atoms with E-state index in [4.69, 9.17) is 0 Å². The fraction of sp³-hybridized carbons (Fsp3) is 1.00. The molecule has 0 rings (SSSR count). The van der Waals surface area contributed by atoms with Gasteiger partial charge in [0, 0.05) is 8.07 Å². The lowest BCUT2D eigenvalue weighted by atomic mass is 10.1. The maximum absolute atomic E-state index is 2.63. The predicted octanol–water partition coefficient (Wildman–Crippen LogP) is 8.98. The zero-order valence-electron chi connectivity index (χ0n) is 17.2. The first-order valence-electron chi connectivity index (χ1n) is 11.1. The van der Waals surface area contributed by atoms with Gasteiger partial charge in [0.25, 0.3) is 0 Å². The number of rotatable bonds is 18. The Labute approximate surface area is 150 Å². The van der Waals surface area contributed by atoms with Crippen LogP contribution in [0.4, 0.5) is 0 Å². The molecule has 0 aromatic heterocycles. The Balaban J connectivity index is 3.33. The molecule has 0 aliphatic rings. The summed E-state index contributed by atoms with van der Waals surface area (Å²) in [5.41, 5.74) is 0. The van der Waals surface area contributed by atoms with Gasteiger partial charge in [-0.2, -0.15) is 0 Å². The van der Waals surface area contributed by atoms with Crippen molar-refractivity contribution in [2.75, 3.05) is 0 Å². The molecule has 0 aliphatic carbocycles. The van der Waals surface area contributed by atoms with Crippen LogP contribution in [0.15, 0.2) is 0 Å². The molecule has 140 valence electrons. The van der Waals surface area contributed by atoms with Crippen LogP contribution in [0.1, 0.15) is 117 Å². The van der Waals surface area contributed by atoms with E-state index in [1.807, 2.05) is 0 Å². The van der Waals surface area contributed by atoms with Gasteiger partial charge in [-0.3, -0.25) is 0 Å². The molecule has 0 aromatic rings. The quantitative estimate of drug-likeness (QED) is 0.172. The first-order valence-corrected chi connectivity index (χ1v) is 14.5. The summed E-state index contributed by atoms with van der Waals surface area (Å²) in [6.45, 7) is 9.88. The molecule has 0 aromatic carbocycles. The van der Waals surface area contributed by atoms with E-state index < -0.39 is 8.07 Å². The summed E-state index contributed by atoms with van der Waals surface area (Å²) in [5.74, 6) is 0. The second-order valence-corrected chi connectivity index (χ2v) is 13.9. The summed E-state index contributed by atoms with van der Waals surface area (Å²) in [5, 5.41) is 0. The van der Waals surface area contributed by atoms with Crippen molar-refractivity contribution >= 4 is 8.07 Å². The van der Waals surface area contributed by atoms with Crippen LogP contribution in [-0.2, 0) is 0 Å². The van der Waals surface area contributed by atoms with Gasteiger partial charge in [-0.15, -0.1) is 0 Å². The third-order valence-electron chi connectivity index (χ3n) is 5.41. The largest absolute Gasteiger partial charge is 0.0693 e. The molecule has 0 spiro atoms. The molecule has 0 heterocycles. The van der Waals surface area contributed by atoms with Crippen molar-refractivity contribution in [3.63, 3.8) is 0 Å². The highest BCUT2D eigenvalue weighted by molar-refractivity contribution is 6.77. The second-order valence-electron chi connectivity index (χ2n) is 8.61. The molecule has 0 saturated heterocycles. The lowest BCUT2D eigenvalue weighted by Crippen LogP contribution is -2.24. The van der Waals surface area contributed by atoms with Crippen LogP contribution in [-0.4, -0.2) is 8.07 Å². The lowest BCUT2D eigenvalue weighted by Gasteiger charge is -2.22. The third kappa shape index (κ3) is 18.4. The van der Waals surface area contributed by atoms with E-state index in [9.17, 15) is 0 Å². The Bertz CT molecular complexity index is 200. The van der Waals surface area contributed by atoms with Crippen LogP contribution in [0.25, 0.3) is 0 Å². The highest BCUT2D eigenvalue weighted by atomic mass is 28.3. The predicted molar refractivity (Wildman–Crippen MR) is 112 cm³/mol. The minimum absolute atomic E-state index is 0.866. The molecular formula is C22H48Si. The summed E-state index contributed by atoms with van der Waals surface area (Å²) < 4.78 is 0. The minimum atomic E-state index is -0.866. The normalized spacial score (nSPS) is 12.0. The molecule has 0 unspecified atom stereocenters. The molecule has 0 amide bonds. The molecular weight excluding hydrogens is 292 g/mol. The van der Waals surface area contributed by atoms with E-state index >= 15 is 0 Å². The number of unbranched alkanes of at least 4 members (excludes halogenated alkanes) is 14. The number of hydrogen-bond donors (Lipinski definition) is 0. The molecule has 0 aliphatic heterocycles. The third-order valence-corrected chi connectivity index (χ3v) is 8.83. The monoisotopic (exact) mass is 340 g/mol. The minimum Gasteiger partial charge on any atom is -0.0693 e. The van der Waals surface area contributed by atoms with Crippen molar-refractivity contribution in [3.8, 4) is 0 Å². The van der Waals surface area contributed by atoms with Gasteiger partial charge >= 0.3 is 0 Å². The Morgan fingerprint density at radius 2 is 0.652 bits per heavy atom. The van der Waals surface area contributed by atoms with Gasteiger partial charge in [0.15, 0.2) is 0 Å². The van der Waals surface area contributed by atoms with Gasteiger partial charge < -0.3 is 0 Å². The Morgan fingerprint density at radius 3 is 0.957 bits per heavy atom. The molecule has 0 nitrogen and oxygen atoms in total. The summed E-state index contributed by atoms with van der Waals surface area (Å²) in [6, 6.07) is 3.16. The molecule has 0 atom stereocenters. The van der Waals surface area contributed by atoms with Crippen LogP contribution < -0.4 is 0 Å². The van der Waals surface area contributed by atoms with E-state index in [1.165, 1.54) is 103 Å².